The smallest absolute Gasteiger partial charge is 0.263 e. The number of carbonyl (C=O) groups excluding carboxylic acids is 1. The summed E-state index contributed by atoms with van der Waals surface area (Å²) in [4.78, 5) is 16.1. The summed E-state index contributed by atoms with van der Waals surface area (Å²) in [6.07, 6.45) is 2.84. The summed E-state index contributed by atoms with van der Waals surface area (Å²) in [6, 6.07) is 35.7. The third-order valence-electron chi connectivity index (χ3n) is 5.85. The summed E-state index contributed by atoms with van der Waals surface area (Å²) < 4.78 is 0. The van der Waals surface area contributed by atoms with Crippen LogP contribution in [0.2, 0.25) is 0 Å². The molecular formula is C29H29NOS. The van der Waals surface area contributed by atoms with Gasteiger partial charge in [-0.15, -0.1) is 11.3 Å². The maximum absolute atomic E-state index is 13.3. The van der Waals surface area contributed by atoms with E-state index >= 15 is 0 Å². The van der Waals surface area contributed by atoms with Crippen LogP contribution in [0.3, 0.4) is 0 Å². The van der Waals surface area contributed by atoms with Gasteiger partial charge in [0.05, 0.1) is 4.88 Å². The quantitative estimate of drug-likeness (QED) is 0.259. The van der Waals surface area contributed by atoms with Crippen molar-refractivity contribution in [2.45, 2.75) is 25.2 Å². The zero-order valence-corrected chi connectivity index (χ0v) is 19.1. The van der Waals surface area contributed by atoms with E-state index in [9.17, 15) is 4.79 Å². The molecule has 1 amide bonds. The van der Waals surface area contributed by atoms with Crippen LogP contribution in [0.1, 0.15) is 45.1 Å². The molecule has 0 saturated carbocycles. The molecule has 2 nitrogen and oxygen atoms in total. The number of nitrogens with zero attached hydrogens (tertiary/aromatic N) is 1. The number of benzene rings is 3. The van der Waals surface area contributed by atoms with Crippen LogP contribution >= 0.6 is 11.3 Å². The average molecular weight is 440 g/mol. The molecule has 162 valence electrons. The summed E-state index contributed by atoms with van der Waals surface area (Å²) in [7, 11) is 0. The number of amides is 1. The van der Waals surface area contributed by atoms with E-state index in [2.05, 4.69) is 84.9 Å². The van der Waals surface area contributed by atoms with Crippen LogP contribution in [0.25, 0.3) is 0 Å². The standard InChI is InChI=1S/C29H29NOS/c31-29(28-19-11-23-32-28)30(21-10-14-24-12-4-1-5-13-24)22-20-27(25-15-6-2-7-16-25)26-17-8-3-9-18-26/h1-9,11-13,15-19,23,27H,10,14,20-22H2. The monoisotopic (exact) mass is 439 g/mol. The van der Waals surface area contributed by atoms with Gasteiger partial charge in [-0.1, -0.05) is 97.1 Å². The normalized spacial score (nSPS) is 10.9. The second-order valence-electron chi connectivity index (χ2n) is 8.02. The Bertz CT molecular complexity index is 1020. The third-order valence-corrected chi connectivity index (χ3v) is 6.70. The Morgan fingerprint density at radius 3 is 1.88 bits per heavy atom. The molecule has 0 radical (unpaired) electrons. The van der Waals surface area contributed by atoms with Gasteiger partial charge < -0.3 is 4.90 Å². The van der Waals surface area contributed by atoms with Gasteiger partial charge in [-0.05, 0) is 47.4 Å². The van der Waals surface area contributed by atoms with Gasteiger partial charge in [0.25, 0.3) is 5.91 Å². The molecule has 0 unspecified atom stereocenters. The second kappa shape index (κ2) is 11.4. The van der Waals surface area contributed by atoms with Gasteiger partial charge in [-0.2, -0.15) is 0 Å². The zero-order valence-electron chi connectivity index (χ0n) is 18.3. The van der Waals surface area contributed by atoms with Gasteiger partial charge in [0.15, 0.2) is 0 Å². The molecule has 0 spiro atoms. The topological polar surface area (TPSA) is 20.3 Å². The summed E-state index contributed by atoms with van der Waals surface area (Å²) >= 11 is 1.53. The highest BCUT2D eigenvalue weighted by Crippen LogP contribution is 2.28. The maximum Gasteiger partial charge on any atom is 0.263 e. The zero-order chi connectivity index (χ0) is 22.0. The van der Waals surface area contributed by atoms with Crippen LogP contribution in [-0.4, -0.2) is 23.9 Å². The number of thiophene rings is 1. The van der Waals surface area contributed by atoms with Crippen molar-refractivity contribution in [3.63, 3.8) is 0 Å². The molecular weight excluding hydrogens is 410 g/mol. The summed E-state index contributed by atoms with van der Waals surface area (Å²) in [5, 5.41) is 1.98. The van der Waals surface area contributed by atoms with Crippen molar-refractivity contribution >= 4 is 17.2 Å². The molecule has 0 atom stereocenters. The first-order valence-corrected chi connectivity index (χ1v) is 12.2. The lowest BCUT2D eigenvalue weighted by Gasteiger charge is -2.26. The van der Waals surface area contributed by atoms with Crippen LogP contribution in [0.5, 0.6) is 0 Å². The van der Waals surface area contributed by atoms with Crippen molar-refractivity contribution in [1.82, 2.24) is 4.90 Å². The van der Waals surface area contributed by atoms with Crippen LogP contribution < -0.4 is 0 Å². The molecule has 1 aromatic heterocycles. The Balaban J connectivity index is 1.49. The third kappa shape index (κ3) is 5.95. The number of hydrogen-bond donors (Lipinski definition) is 0. The minimum absolute atomic E-state index is 0.146. The molecule has 1 heterocycles. The van der Waals surface area contributed by atoms with E-state index in [1.165, 1.54) is 28.0 Å². The Morgan fingerprint density at radius 2 is 1.31 bits per heavy atom. The molecule has 0 aliphatic carbocycles. The summed E-state index contributed by atoms with van der Waals surface area (Å²) in [5.41, 5.74) is 3.92. The van der Waals surface area contributed by atoms with E-state index in [4.69, 9.17) is 0 Å². The van der Waals surface area contributed by atoms with Crippen LogP contribution in [0, 0.1) is 0 Å². The lowest BCUT2D eigenvalue weighted by Crippen LogP contribution is -2.33. The fourth-order valence-electron chi connectivity index (χ4n) is 4.17. The van der Waals surface area contributed by atoms with Crippen LogP contribution in [-0.2, 0) is 6.42 Å². The van der Waals surface area contributed by atoms with E-state index in [-0.39, 0.29) is 11.8 Å². The van der Waals surface area contributed by atoms with Gasteiger partial charge in [0.1, 0.15) is 0 Å². The van der Waals surface area contributed by atoms with Crippen LogP contribution in [0.15, 0.2) is 109 Å². The van der Waals surface area contributed by atoms with Crippen molar-refractivity contribution in [2.24, 2.45) is 0 Å². The highest BCUT2D eigenvalue weighted by Gasteiger charge is 2.20. The SMILES string of the molecule is O=C(c1cccs1)N(CCCc1ccccc1)CCC(c1ccccc1)c1ccccc1. The Hall–Kier alpha value is -3.17. The van der Waals surface area contributed by atoms with Gasteiger partial charge >= 0.3 is 0 Å². The van der Waals surface area contributed by atoms with Gasteiger partial charge in [0.2, 0.25) is 0 Å². The molecule has 0 bridgehead atoms. The predicted octanol–water partition coefficient (Wildman–Crippen LogP) is 7.05. The lowest BCUT2D eigenvalue weighted by molar-refractivity contribution is 0.0755. The van der Waals surface area contributed by atoms with Crippen molar-refractivity contribution in [2.75, 3.05) is 13.1 Å². The molecule has 3 aromatic carbocycles. The molecule has 3 heteroatoms. The maximum atomic E-state index is 13.3. The van der Waals surface area contributed by atoms with Crippen molar-refractivity contribution in [1.29, 1.82) is 0 Å². The van der Waals surface area contributed by atoms with Crippen molar-refractivity contribution in [3.8, 4) is 0 Å². The number of carbonyl (C=O) groups is 1. The molecule has 0 fully saturated rings. The van der Waals surface area contributed by atoms with E-state index in [1.54, 1.807) is 0 Å². The molecule has 4 rings (SSSR count). The molecule has 0 aliphatic rings. The predicted molar refractivity (Wildman–Crippen MR) is 134 cm³/mol. The first kappa shape index (κ1) is 22.0. The molecule has 0 N–H and O–H groups in total. The summed E-state index contributed by atoms with van der Waals surface area (Å²) in [6.45, 7) is 1.50. The number of hydrogen-bond acceptors (Lipinski definition) is 2. The second-order valence-corrected chi connectivity index (χ2v) is 8.97. The number of rotatable bonds is 10. The average Bonchev–Trinajstić information content (AvgIpc) is 3.40. The van der Waals surface area contributed by atoms with Crippen LogP contribution in [0.4, 0.5) is 0 Å². The summed E-state index contributed by atoms with van der Waals surface area (Å²) in [5.74, 6) is 0.415. The highest BCUT2D eigenvalue weighted by atomic mass is 32.1. The van der Waals surface area contributed by atoms with Crippen molar-refractivity contribution in [3.05, 3.63) is 130 Å². The molecule has 0 aliphatic heterocycles. The fourth-order valence-corrected chi connectivity index (χ4v) is 4.86. The van der Waals surface area contributed by atoms with Gasteiger partial charge in [-0.25, -0.2) is 0 Å². The van der Waals surface area contributed by atoms with E-state index in [0.29, 0.717) is 0 Å². The molecule has 32 heavy (non-hydrogen) atoms. The van der Waals surface area contributed by atoms with Crippen molar-refractivity contribution < 1.29 is 4.79 Å². The number of aryl methyl sites for hydroxylation is 1. The Kier molecular flexibility index (Phi) is 7.89. The van der Waals surface area contributed by atoms with E-state index < -0.39 is 0 Å². The minimum Gasteiger partial charge on any atom is -0.338 e. The van der Waals surface area contributed by atoms with E-state index in [0.717, 1.165) is 37.2 Å². The molecule has 4 aromatic rings. The Labute approximate surface area is 195 Å². The minimum atomic E-state index is 0.146. The fraction of sp³-hybridized carbons (Fsp3) is 0.207. The van der Waals surface area contributed by atoms with E-state index in [1.807, 2.05) is 28.5 Å². The van der Waals surface area contributed by atoms with Gasteiger partial charge in [-0.3, -0.25) is 4.79 Å². The Morgan fingerprint density at radius 1 is 0.719 bits per heavy atom. The molecule has 0 saturated heterocycles. The van der Waals surface area contributed by atoms with Gasteiger partial charge in [0, 0.05) is 19.0 Å². The first-order chi connectivity index (χ1) is 15.8. The largest absolute Gasteiger partial charge is 0.338 e. The first-order valence-electron chi connectivity index (χ1n) is 11.3. The highest BCUT2D eigenvalue weighted by molar-refractivity contribution is 7.12. The lowest BCUT2D eigenvalue weighted by atomic mass is 9.88.